The molecule has 1 aromatic rings. The summed E-state index contributed by atoms with van der Waals surface area (Å²) in [5.41, 5.74) is 1.37. The zero-order chi connectivity index (χ0) is 11.4. The highest BCUT2D eigenvalue weighted by atomic mass is 16.4. The minimum absolute atomic E-state index is 0.583. The molecule has 0 bridgehead atoms. The molecule has 1 aromatic carbocycles. The molecule has 1 fully saturated rings. The van der Waals surface area contributed by atoms with Crippen molar-refractivity contribution < 1.29 is 9.90 Å². The lowest BCUT2D eigenvalue weighted by atomic mass is 9.83. The number of nitrogens with zero attached hydrogens (tertiary/aromatic N) is 1. The van der Waals surface area contributed by atoms with Crippen LogP contribution in [0.3, 0.4) is 0 Å². The molecule has 4 heteroatoms. The molecule has 1 aliphatic rings. The Labute approximate surface area is 96.3 Å². The van der Waals surface area contributed by atoms with E-state index in [0.717, 1.165) is 25.9 Å². The Hall–Kier alpha value is -1.29. The Morgan fingerprint density at radius 2 is 1.88 bits per heavy atom. The van der Waals surface area contributed by atoms with Crippen LogP contribution in [0.4, 0.5) is 4.79 Å². The molecule has 1 radical (unpaired) electrons. The van der Waals surface area contributed by atoms with Crippen LogP contribution in [0.2, 0.25) is 0 Å². The summed E-state index contributed by atoms with van der Waals surface area (Å²) in [7, 11) is 1.29. The number of carboxylic acid groups (broad SMARTS) is 1. The number of hydrogen-bond acceptors (Lipinski definition) is 2. The highest BCUT2D eigenvalue weighted by molar-refractivity contribution is 6.69. The maximum Gasteiger partial charge on any atom is 0.357 e. The number of benzene rings is 1. The molecular weight excluding hydrogens is 201 g/mol. The van der Waals surface area contributed by atoms with E-state index in [1.807, 2.05) is 10.9 Å². The van der Waals surface area contributed by atoms with E-state index in [9.17, 15) is 4.79 Å². The van der Waals surface area contributed by atoms with Crippen LogP contribution in [-0.2, 0) is 0 Å². The number of rotatable bonds is 3. The van der Waals surface area contributed by atoms with Gasteiger partial charge in [0.15, 0.2) is 0 Å². The Balaban J connectivity index is 1.88. The second-order valence-electron chi connectivity index (χ2n) is 4.19. The van der Waals surface area contributed by atoms with E-state index in [1.165, 1.54) is 13.0 Å². The molecule has 0 amide bonds. The summed E-state index contributed by atoms with van der Waals surface area (Å²) in [6.45, 7) is 1.68. The molecule has 0 aromatic heterocycles. The molecule has 0 aliphatic carbocycles. The van der Waals surface area contributed by atoms with E-state index in [2.05, 4.69) is 24.3 Å². The van der Waals surface area contributed by atoms with Crippen LogP contribution in [0.25, 0.3) is 0 Å². The lowest BCUT2D eigenvalue weighted by Crippen LogP contribution is -2.39. The second-order valence-corrected chi connectivity index (χ2v) is 4.19. The Morgan fingerprint density at radius 1 is 1.25 bits per heavy atom. The van der Waals surface area contributed by atoms with Gasteiger partial charge in [-0.3, -0.25) is 4.79 Å². The molecular formula is C12H15BNO2. The first-order chi connectivity index (χ1) is 7.75. The van der Waals surface area contributed by atoms with Gasteiger partial charge in [-0.1, -0.05) is 30.3 Å². The van der Waals surface area contributed by atoms with Gasteiger partial charge < -0.3 is 9.92 Å². The van der Waals surface area contributed by atoms with Crippen LogP contribution in [0.1, 0.15) is 24.3 Å². The minimum atomic E-state index is -0.849. The van der Waals surface area contributed by atoms with Crippen LogP contribution in [0.5, 0.6) is 0 Å². The summed E-state index contributed by atoms with van der Waals surface area (Å²) in [6.07, 6.45) is 2.07. The van der Waals surface area contributed by atoms with E-state index < -0.39 is 5.87 Å². The predicted octanol–water partition coefficient (Wildman–Crippen LogP) is 2.16. The standard InChI is InChI=1S/C12H15BNO2/c15-12(16)13-14-8-6-11(7-9-14)10-4-2-1-3-5-10/h1-5,11H,6-9H2,(H,15,16). The largest absolute Gasteiger partial charge is 0.488 e. The predicted molar refractivity (Wildman–Crippen MR) is 63.8 cm³/mol. The zero-order valence-corrected chi connectivity index (χ0v) is 9.17. The molecule has 1 aliphatic heterocycles. The number of carbonyl (C=O) groups is 1. The van der Waals surface area contributed by atoms with Gasteiger partial charge in [-0.25, -0.2) is 0 Å². The van der Waals surface area contributed by atoms with E-state index in [1.54, 1.807) is 0 Å². The second kappa shape index (κ2) is 5.17. The van der Waals surface area contributed by atoms with Crippen molar-refractivity contribution in [2.45, 2.75) is 18.8 Å². The molecule has 0 unspecified atom stereocenters. The Kier molecular flexibility index (Phi) is 3.62. The van der Waals surface area contributed by atoms with Crippen LogP contribution < -0.4 is 0 Å². The van der Waals surface area contributed by atoms with Crippen molar-refractivity contribution in [3.05, 3.63) is 35.9 Å². The van der Waals surface area contributed by atoms with Crippen molar-refractivity contribution in [2.24, 2.45) is 0 Å². The molecule has 1 saturated heterocycles. The van der Waals surface area contributed by atoms with Crippen LogP contribution in [0.15, 0.2) is 30.3 Å². The SMILES string of the molecule is O=C(O)[B]N1CCC(c2ccccc2)CC1. The summed E-state index contributed by atoms with van der Waals surface area (Å²) in [6, 6.07) is 10.5. The first kappa shape index (κ1) is 11.2. The Bertz CT molecular complexity index is 347. The van der Waals surface area contributed by atoms with E-state index >= 15 is 0 Å². The van der Waals surface area contributed by atoms with E-state index in [4.69, 9.17) is 5.11 Å². The molecule has 0 saturated carbocycles. The fourth-order valence-electron chi connectivity index (χ4n) is 2.24. The first-order valence-electron chi connectivity index (χ1n) is 5.62. The summed E-state index contributed by atoms with van der Waals surface area (Å²) >= 11 is 0. The van der Waals surface area contributed by atoms with Gasteiger partial charge >= 0.3 is 7.41 Å². The van der Waals surface area contributed by atoms with Crippen molar-refractivity contribution in [3.8, 4) is 0 Å². The molecule has 2 rings (SSSR count). The quantitative estimate of drug-likeness (QED) is 0.787. The molecule has 83 valence electrons. The van der Waals surface area contributed by atoms with E-state index in [-0.39, 0.29) is 0 Å². The number of hydrogen-bond donors (Lipinski definition) is 1. The summed E-state index contributed by atoms with van der Waals surface area (Å²) in [5, 5.41) is 8.65. The molecule has 1 heterocycles. The van der Waals surface area contributed by atoms with E-state index in [0.29, 0.717) is 5.92 Å². The molecule has 0 atom stereocenters. The third-order valence-electron chi connectivity index (χ3n) is 3.09. The first-order valence-corrected chi connectivity index (χ1v) is 5.62. The molecule has 3 nitrogen and oxygen atoms in total. The zero-order valence-electron chi connectivity index (χ0n) is 9.17. The highest BCUT2D eigenvalue weighted by Gasteiger charge is 2.22. The molecule has 1 N–H and O–H groups in total. The van der Waals surface area contributed by atoms with Crippen molar-refractivity contribution in [1.82, 2.24) is 4.81 Å². The van der Waals surface area contributed by atoms with Crippen LogP contribution in [0, 0.1) is 0 Å². The van der Waals surface area contributed by atoms with Crippen molar-refractivity contribution in [3.63, 3.8) is 0 Å². The fraction of sp³-hybridized carbons (Fsp3) is 0.417. The van der Waals surface area contributed by atoms with Gasteiger partial charge in [0, 0.05) is 0 Å². The van der Waals surface area contributed by atoms with Gasteiger partial charge in [-0.05, 0) is 37.4 Å². The van der Waals surface area contributed by atoms with Gasteiger partial charge in [-0.15, -0.1) is 0 Å². The summed E-state index contributed by atoms with van der Waals surface area (Å²) in [5.74, 6) is -0.266. The smallest absolute Gasteiger partial charge is 0.357 e. The molecule has 16 heavy (non-hydrogen) atoms. The maximum atomic E-state index is 10.5. The third-order valence-corrected chi connectivity index (χ3v) is 3.09. The maximum absolute atomic E-state index is 10.5. The fourth-order valence-corrected chi connectivity index (χ4v) is 2.24. The lowest BCUT2D eigenvalue weighted by Gasteiger charge is -2.30. The van der Waals surface area contributed by atoms with Crippen molar-refractivity contribution in [2.75, 3.05) is 13.1 Å². The van der Waals surface area contributed by atoms with Gasteiger partial charge in [0.05, 0.1) is 0 Å². The topological polar surface area (TPSA) is 40.5 Å². The monoisotopic (exact) mass is 216 g/mol. The van der Waals surface area contributed by atoms with Crippen molar-refractivity contribution in [1.29, 1.82) is 0 Å². The number of piperidine rings is 1. The van der Waals surface area contributed by atoms with Crippen LogP contribution >= 0.6 is 0 Å². The van der Waals surface area contributed by atoms with Gasteiger partial charge in [0.2, 0.25) is 0 Å². The van der Waals surface area contributed by atoms with Gasteiger partial charge in [-0.2, -0.15) is 0 Å². The average Bonchev–Trinajstić information content (AvgIpc) is 2.30. The average molecular weight is 216 g/mol. The van der Waals surface area contributed by atoms with Gasteiger partial charge in [0.25, 0.3) is 5.87 Å². The summed E-state index contributed by atoms with van der Waals surface area (Å²) < 4.78 is 0. The van der Waals surface area contributed by atoms with Crippen LogP contribution in [-0.4, -0.2) is 36.3 Å². The summed E-state index contributed by atoms with van der Waals surface area (Å²) in [4.78, 5) is 12.4. The third kappa shape index (κ3) is 2.86. The Morgan fingerprint density at radius 3 is 2.44 bits per heavy atom. The van der Waals surface area contributed by atoms with Gasteiger partial charge in [0.1, 0.15) is 0 Å². The molecule has 0 spiro atoms. The normalized spacial score (nSPS) is 18.2. The highest BCUT2D eigenvalue weighted by Crippen LogP contribution is 2.27. The lowest BCUT2D eigenvalue weighted by molar-refractivity contribution is 0.215. The minimum Gasteiger partial charge on any atom is -0.488 e. The van der Waals surface area contributed by atoms with Crippen molar-refractivity contribution >= 4 is 13.3 Å².